The van der Waals surface area contributed by atoms with Crippen molar-refractivity contribution < 1.29 is 4.79 Å². The van der Waals surface area contributed by atoms with Crippen LogP contribution in [-0.4, -0.2) is 23.9 Å². The van der Waals surface area contributed by atoms with Crippen molar-refractivity contribution in [2.75, 3.05) is 13.1 Å². The molecule has 2 nitrogen and oxygen atoms in total. The molecule has 1 amide bonds. The van der Waals surface area contributed by atoms with Gasteiger partial charge in [-0.15, -0.1) is 0 Å². The molecule has 4 heteroatoms. The van der Waals surface area contributed by atoms with E-state index in [9.17, 15) is 4.79 Å². The third kappa shape index (κ3) is 3.98. The van der Waals surface area contributed by atoms with Crippen molar-refractivity contribution in [1.82, 2.24) is 4.90 Å². The van der Waals surface area contributed by atoms with Gasteiger partial charge < -0.3 is 4.90 Å². The van der Waals surface area contributed by atoms with Crippen LogP contribution in [0.25, 0.3) is 0 Å². The number of nitrogens with zero attached hydrogens (tertiary/aromatic N) is 1. The molecule has 0 radical (unpaired) electrons. The van der Waals surface area contributed by atoms with Gasteiger partial charge in [0.15, 0.2) is 0 Å². The van der Waals surface area contributed by atoms with E-state index >= 15 is 0 Å². The number of halogens is 2. The van der Waals surface area contributed by atoms with Crippen LogP contribution in [0.4, 0.5) is 0 Å². The zero-order chi connectivity index (χ0) is 14.5. The summed E-state index contributed by atoms with van der Waals surface area (Å²) in [5.41, 5.74) is 0.606. The fourth-order valence-electron chi connectivity index (χ4n) is 2.90. The summed E-state index contributed by atoms with van der Waals surface area (Å²) >= 11 is 9.57. The molecule has 1 unspecified atom stereocenters. The molecular weight excluding hydrogens is 338 g/mol. The Hall–Kier alpha value is -0.540. The van der Waals surface area contributed by atoms with Crippen LogP contribution >= 0.6 is 27.5 Å². The Morgan fingerprint density at radius 1 is 1.40 bits per heavy atom. The van der Waals surface area contributed by atoms with Crippen molar-refractivity contribution >= 4 is 33.4 Å². The van der Waals surface area contributed by atoms with E-state index in [2.05, 4.69) is 22.9 Å². The van der Waals surface area contributed by atoms with Gasteiger partial charge in [-0.25, -0.2) is 0 Å². The number of carbonyl (C=O) groups is 1. The molecule has 1 fully saturated rings. The number of likely N-dealkylation sites (tertiary alicyclic amines) is 1. The third-order valence-electron chi connectivity index (χ3n) is 3.99. The maximum Gasteiger partial charge on any atom is 0.255 e. The standard InChI is InChI=1S/C16H21BrClNO/c1-2-4-12-5-3-9-19(10-8-12)16(20)14-11-13(17)6-7-15(14)18/h6-7,11-12H,2-5,8-10H2,1H3. The molecule has 0 saturated carbocycles. The van der Waals surface area contributed by atoms with Crippen molar-refractivity contribution in [3.63, 3.8) is 0 Å². The van der Waals surface area contributed by atoms with Crippen molar-refractivity contribution in [3.05, 3.63) is 33.3 Å². The van der Waals surface area contributed by atoms with Gasteiger partial charge in [0, 0.05) is 17.6 Å². The van der Waals surface area contributed by atoms with E-state index in [0.29, 0.717) is 10.6 Å². The summed E-state index contributed by atoms with van der Waals surface area (Å²) in [6.07, 6.45) is 5.97. The lowest BCUT2D eigenvalue weighted by Crippen LogP contribution is -2.32. The second-order valence-corrected chi connectivity index (χ2v) is 6.82. The summed E-state index contributed by atoms with van der Waals surface area (Å²) in [6, 6.07) is 5.45. The van der Waals surface area contributed by atoms with Crippen LogP contribution in [0.2, 0.25) is 5.02 Å². The zero-order valence-electron chi connectivity index (χ0n) is 11.9. The van der Waals surface area contributed by atoms with E-state index in [-0.39, 0.29) is 5.91 Å². The first kappa shape index (κ1) is 15.8. The van der Waals surface area contributed by atoms with Gasteiger partial charge in [-0.3, -0.25) is 4.79 Å². The molecule has 0 aliphatic carbocycles. The minimum absolute atomic E-state index is 0.0634. The van der Waals surface area contributed by atoms with Crippen LogP contribution in [0.3, 0.4) is 0 Å². The molecule has 1 aromatic rings. The second-order valence-electron chi connectivity index (χ2n) is 5.50. The van der Waals surface area contributed by atoms with E-state index in [4.69, 9.17) is 11.6 Å². The topological polar surface area (TPSA) is 20.3 Å². The molecule has 0 N–H and O–H groups in total. The lowest BCUT2D eigenvalue weighted by molar-refractivity contribution is 0.0760. The van der Waals surface area contributed by atoms with Gasteiger partial charge in [0.25, 0.3) is 5.91 Å². The Morgan fingerprint density at radius 2 is 2.20 bits per heavy atom. The highest BCUT2D eigenvalue weighted by Gasteiger charge is 2.22. The molecule has 1 saturated heterocycles. The SMILES string of the molecule is CCCC1CCCN(C(=O)c2cc(Br)ccc2Cl)CC1. The van der Waals surface area contributed by atoms with E-state index in [1.54, 1.807) is 6.07 Å². The monoisotopic (exact) mass is 357 g/mol. The molecule has 0 spiro atoms. The van der Waals surface area contributed by atoms with Crippen LogP contribution in [-0.2, 0) is 0 Å². The normalized spacial score (nSPS) is 19.8. The Bertz CT molecular complexity index is 478. The summed E-state index contributed by atoms with van der Waals surface area (Å²) in [7, 11) is 0. The van der Waals surface area contributed by atoms with E-state index < -0.39 is 0 Å². The quantitative estimate of drug-likeness (QED) is 0.732. The average Bonchev–Trinajstić information content (AvgIpc) is 2.67. The van der Waals surface area contributed by atoms with E-state index in [1.807, 2.05) is 17.0 Å². The summed E-state index contributed by atoms with van der Waals surface area (Å²) in [5, 5.41) is 0.535. The highest BCUT2D eigenvalue weighted by molar-refractivity contribution is 9.10. The van der Waals surface area contributed by atoms with Gasteiger partial charge >= 0.3 is 0 Å². The average molecular weight is 359 g/mol. The molecule has 1 aliphatic rings. The molecule has 1 heterocycles. The van der Waals surface area contributed by atoms with Crippen molar-refractivity contribution in [3.8, 4) is 0 Å². The van der Waals surface area contributed by atoms with Crippen LogP contribution in [0, 0.1) is 5.92 Å². The second kappa shape index (κ2) is 7.46. The van der Waals surface area contributed by atoms with Crippen molar-refractivity contribution in [2.24, 2.45) is 5.92 Å². The van der Waals surface area contributed by atoms with Gasteiger partial charge in [-0.2, -0.15) is 0 Å². The summed E-state index contributed by atoms with van der Waals surface area (Å²) in [4.78, 5) is 14.6. The predicted octanol–water partition coefficient (Wildman–Crippen LogP) is 5.14. The first-order valence-electron chi connectivity index (χ1n) is 7.36. The number of hydrogen-bond donors (Lipinski definition) is 0. The minimum atomic E-state index is 0.0634. The van der Waals surface area contributed by atoms with Crippen LogP contribution < -0.4 is 0 Å². The number of hydrogen-bond acceptors (Lipinski definition) is 1. The summed E-state index contributed by atoms with van der Waals surface area (Å²) in [6.45, 7) is 3.93. The molecule has 1 atom stereocenters. The van der Waals surface area contributed by atoms with Gasteiger partial charge in [-0.1, -0.05) is 47.3 Å². The van der Waals surface area contributed by atoms with Gasteiger partial charge in [0.05, 0.1) is 10.6 Å². The van der Waals surface area contributed by atoms with Gasteiger partial charge in [0.1, 0.15) is 0 Å². The minimum Gasteiger partial charge on any atom is -0.339 e. The maximum absolute atomic E-state index is 12.6. The highest BCUT2D eigenvalue weighted by atomic mass is 79.9. The molecular formula is C16H21BrClNO. The summed E-state index contributed by atoms with van der Waals surface area (Å²) < 4.78 is 0.893. The molecule has 20 heavy (non-hydrogen) atoms. The van der Waals surface area contributed by atoms with Gasteiger partial charge in [-0.05, 0) is 43.4 Å². The third-order valence-corrected chi connectivity index (χ3v) is 4.81. The van der Waals surface area contributed by atoms with E-state index in [0.717, 1.165) is 36.3 Å². The van der Waals surface area contributed by atoms with Crippen LogP contribution in [0.1, 0.15) is 49.4 Å². The fraction of sp³-hybridized carbons (Fsp3) is 0.562. The van der Waals surface area contributed by atoms with Crippen LogP contribution in [0.5, 0.6) is 0 Å². The first-order chi connectivity index (χ1) is 9.61. The summed E-state index contributed by atoms with van der Waals surface area (Å²) in [5.74, 6) is 0.837. The molecule has 1 aromatic carbocycles. The molecule has 0 bridgehead atoms. The number of rotatable bonds is 3. The molecule has 2 rings (SSSR count). The van der Waals surface area contributed by atoms with Crippen molar-refractivity contribution in [2.45, 2.75) is 39.0 Å². The Morgan fingerprint density at radius 3 is 2.95 bits per heavy atom. The Labute approximate surface area is 134 Å². The maximum atomic E-state index is 12.6. The lowest BCUT2D eigenvalue weighted by Gasteiger charge is -2.21. The number of amides is 1. The fourth-order valence-corrected chi connectivity index (χ4v) is 3.46. The molecule has 110 valence electrons. The zero-order valence-corrected chi connectivity index (χ0v) is 14.2. The predicted molar refractivity (Wildman–Crippen MR) is 87.3 cm³/mol. The Balaban J connectivity index is 2.07. The highest BCUT2D eigenvalue weighted by Crippen LogP contribution is 2.26. The lowest BCUT2D eigenvalue weighted by atomic mass is 9.96. The number of benzene rings is 1. The molecule has 1 aliphatic heterocycles. The first-order valence-corrected chi connectivity index (χ1v) is 8.53. The Kier molecular flexibility index (Phi) is 5.91. The smallest absolute Gasteiger partial charge is 0.255 e. The van der Waals surface area contributed by atoms with Crippen LogP contribution in [0.15, 0.2) is 22.7 Å². The largest absolute Gasteiger partial charge is 0.339 e. The molecule has 0 aromatic heterocycles. The number of carbonyl (C=O) groups excluding carboxylic acids is 1. The van der Waals surface area contributed by atoms with Gasteiger partial charge in [0.2, 0.25) is 0 Å². The van der Waals surface area contributed by atoms with E-state index in [1.165, 1.54) is 19.3 Å². The van der Waals surface area contributed by atoms with Crippen molar-refractivity contribution in [1.29, 1.82) is 0 Å².